The number of sulfonamides is 1. The van der Waals surface area contributed by atoms with Crippen LogP contribution in [0.2, 0.25) is 0 Å². The average molecular weight is 479 g/mol. The van der Waals surface area contributed by atoms with E-state index >= 15 is 0 Å². The fraction of sp³-hybridized carbons (Fsp3) is 0.381. The third-order valence-corrected chi connectivity index (χ3v) is 8.04. The number of nitrogens with one attached hydrogen (secondary N) is 1. The fourth-order valence-electron chi connectivity index (χ4n) is 3.68. The molecule has 1 amide bonds. The monoisotopic (exact) mass is 478 g/mol. The summed E-state index contributed by atoms with van der Waals surface area (Å²) >= 11 is 3.42. The molecule has 0 radical (unpaired) electrons. The number of carbonyl (C=O) groups excluding carboxylic acids is 1. The van der Waals surface area contributed by atoms with E-state index in [-0.39, 0.29) is 22.6 Å². The second-order valence-corrected chi connectivity index (χ2v) is 10.3. The predicted octanol–water partition coefficient (Wildman–Crippen LogP) is 3.52. The van der Waals surface area contributed by atoms with Crippen molar-refractivity contribution in [1.29, 1.82) is 0 Å². The van der Waals surface area contributed by atoms with Gasteiger partial charge in [0, 0.05) is 29.2 Å². The summed E-state index contributed by atoms with van der Waals surface area (Å²) in [4.78, 5) is 12.9. The van der Waals surface area contributed by atoms with Crippen molar-refractivity contribution in [2.75, 3.05) is 31.6 Å². The molecule has 1 heterocycles. The first kappa shape index (κ1) is 20.5. The number of ether oxygens (including phenoxy) is 1. The Morgan fingerprint density at radius 2 is 1.83 bits per heavy atom. The van der Waals surface area contributed by atoms with Crippen LogP contribution in [0.5, 0.6) is 0 Å². The molecule has 1 saturated heterocycles. The summed E-state index contributed by atoms with van der Waals surface area (Å²) in [6, 6.07) is 13.1. The van der Waals surface area contributed by atoms with Crippen molar-refractivity contribution < 1.29 is 17.9 Å². The molecule has 1 aliphatic heterocycles. The van der Waals surface area contributed by atoms with Crippen molar-refractivity contribution in [2.45, 2.75) is 24.2 Å². The minimum Gasteiger partial charge on any atom is -0.379 e. The minimum absolute atomic E-state index is 0.0727. The maximum atomic E-state index is 13.0. The van der Waals surface area contributed by atoms with E-state index in [2.05, 4.69) is 21.2 Å². The van der Waals surface area contributed by atoms with E-state index in [1.165, 1.54) is 4.31 Å². The topological polar surface area (TPSA) is 75.7 Å². The number of nitrogens with zero attached hydrogens (tertiary/aromatic N) is 1. The largest absolute Gasteiger partial charge is 0.379 e. The lowest BCUT2D eigenvalue weighted by atomic mass is 10.1. The lowest BCUT2D eigenvalue weighted by Crippen LogP contribution is -2.40. The number of carbonyl (C=O) groups is 1. The van der Waals surface area contributed by atoms with Gasteiger partial charge in [-0.15, -0.1) is 0 Å². The molecule has 0 aromatic heterocycles. The van der Waals surface area contributed by atoms with Crippen LogP contribution in [0.4, 0.5) is 5.69 Å². The van der Waals surface area contributed by atoms with Gasteiger partial charge in [0.1, 0.15) is 0 Å². The van der Waals surface area contributed by atoms with Gasteiger partial charge in [0.15, 0.2) is 0 Å². The van der Waals surface area contributed by atoms with Gasteiger partial charge in [-0.25, -0.2) is 8.42 Å². The third-order valence-electron chi connectivity index (χ3n) is 5.47. The Kier molecular flexibility index (Phi) is 5.79. The highest BCUT2D eigenvalue weighted by Gasteiger charge is 2.44. The van der Waals surface area contributed by atoms with Gasteiger partial charge in [0.2, 0.25) is 15.9 Å². The summed E-state index contributed by atoms with van der Waals surface area (Å²) in [5.41, 5.74) is 2.32. The van der Waals surface area contributed by atoms with Crippen molar-refractivity contribution in [3.63, 3.8) is 0 Å². The Morgan fingerprint density at radius 3 is 2.52 bits per heavy atom. The van der Waals surface area contributed by atoms with Gasteiger partial charge in [0.25, 0.3) is 0 Å². The standard InChI is InChI=1S/C21H23BrN2O4S/c1-14-2-7-17(12-20(14)29(26,27)24-8-10-28-11-9-24)23-21(25)19-13-18(19)15-3-5-16(22)6-4-15/h2-7,12,18-19H,8-11,13H2,1H3,(H,23,25)/t18-,19+/m0/s1. The Labute approximate surface area is 179 Å². The predicted molar refractivity (Wildman–Crippen MR) is 114 cm³/mol. The maximum Gasteiger partial charge on any atom is 0.243 e. The van der Waals surface area contributed by atoms with Crippen LogP contribution in [-0.4, -0.2) is 44.9 Å². The second kappa shape index (κ2) is 8.18. The van der Waals surface area contributed by atoms with Crippen LogP contribution in [0.1, 0.15) is 23.5 Å². The molecular weight excluding hydrogens is 456 g/mol. The molecule has 2 aliphatic rings. The van der Waals surface area contributed by atoms with E-state index in [1.807, 2.05) is 24.3 Å². The molecule has 0 bridgehead atoms. The van der Waals surface area contributed by atoms with Gasteiger partial charge in [0.05, 0.1) is 18.1 Å². The molecule has 2 fully saturated rings. The normalized spacial score (nSPS) is 22.3. The Morgan fingerprint density at radius 1 is 1.14 bits per heavy atom. The highest BCUT2D eigenvalue weighted by atomic mass is 79.9. The van der Waals surface area contributed by atoms with E-state index in [0.717, 1.165) is 16.5 Å². The second-order valence-electron chi connectivity index (χ2n) is 7.49. The van der Waals surface area contributed by atoms with Crippen LogP contribution in [-0.2, 0) is 19.6 Å². The number of hydrogen-bond donors (Lipinski definition) is 1. The molecule has 2 aromatic carbocycles. The SMILES string of the molecule is Cc1ccc(NC(=O)[C@@H]2C[C@H]2c2ccc(Br)cc2)cc1S(=O)(=O)N1CCOCC1. The first-order valence-electron chi connectivity index (χ1n) is 9.61. The third kappa shape index (κ3) is 4.40. The highest BCUT2D eigenvalue weighted by molar-refractivity contribution is 9.10. The molecule has 2 atom stereocenters. The van der Waals surface area contributed by atoms with Crippen molar-refractivity contribution >= 4 is 37.5 Å². The van der Waals surface area contributed by atoms with Gasteiger partial charge in [-0.3, -0.25) is 4.79 Å². The molecule has 2 aromatic rings. The molecule has 6 nitrogen and oxygen atoms in total. The number of halogens is 1. The lowest BCUT2D eigenvalue weighted by molar-refractivity contribution is -0.117. The summed E-state index contributed by atoms with van der Waals surface area (Å²) in [6.07, 6.45) is 0.804. The van der Waals surface area contributed by atoms with Crippen molar-refractivity contribution in [1.82, 2.24) is 4.31 Å². The van der Waals surface area contributed by atoms with Crippen LogP contribution in [0.3, 0.4) is 0 Å². The number of rotatable bonds is 5. The summed E-state index contributed by atoms with van der Waals surface area (Å²) < 4.78 is 33.7. The van der Waals surface area contributed by atoms with Crippen LogP contribution in [0.15, 0.2) is 51.8 Å². The Bertz CT molecular complexity index is 1020. The summed E-state index contributed by atoms with van der Waals surface area (Å²) in [5.74, 6) is 0.0540. The van der Waals surface area contributed by atoms with Crippen LogP contribution >= 0.6 is 15.9 Å². The fourth-order valence-corrected chi connectivity index (χ4v) is 5.60. The zero-order valence-corrected chi connectivity index (χ0v) is 18.5. The first-order valence-corrected chi connectivity index (χ1v) is 11.8. The van der Waals surface area contributed by atoms with Crippen molar-refractivity contribution in [2.24, 2.45) is 5.92 Å². The number of morpholine rings is 1. The molecule has 0 spiro atoms. The van der Waals surface area contributed by atoms with Crippen LogP contribution in [0.25, 0.3) is 0 Å². The first-order chi connectivity index (χ1) is 13.9. The number of aryl methyl sites for hydroxylation is 1. The van der Waals surface area contributed by atoms with Crippen molar-refractivity contribution in [3.05, 3.63) is 58.1 Å². The Balaban J connectivity index is 1.48. The molecule has 1 saturated carbocycles. The van der Waals surface area contributed by atoms with E-state index < -0.39 is 10.0 Å². The maximum absolute atomic E-state index is 13.0. The number of anilines is 1. The molecule has 154 valence electrons. The zero-order valence-electron chi connectivity index (χ0n) is 16.1. The number of benzene rings is 2. The smallest absolute Gasteiger partial charge is 0.243 e. The van der Waals surface area contributed by atoms with Gasteiger partial charge >= 0.3 is 0 Å². The lowest BCUT2D eigenvalue weighted by Gasteiger charge is -2.26. The number of hydrogen-bond acceptors (Lipinski definition) is 4. The van der Waals surface area contributed by atoms with Gasteiger partial charge < -0.3 is 10.1 Å². The van der Waals surface area contributed by atoms with E-state index in [1.54, 1.807) is 25.1 Å². The average Bonchev–Trinajstić information content (AvgIpc) is 3.51. The molecule has 8 heteroatoms. The van der Waals surface area contributed by atoms with Gasteiger partial charge in [-0.05, 0) is 54.7 Å². The molecule has 1 N–H and O–H groups in total. The molecule has 0 unspecified atom stereocenters. The number of amides is 1. The summed E-state index contributed by atoms with van der Waals surface area (Å²) in [5, 5.41) is 2.90. The van der Waals surface area contributed by atoms with Gasteiger partial charge in [-0.1, -0.05) is 34.1 Å². The van der Waals surface area contributed by atoms with E-state index in [9.17, 15) is 13.2 Å². The molecular formula is C21H23BrN2O4S. The quantitative estimate of drug-likeness (QED) is 0.712. The highest BCUT2D eigenvalue weighted by Crippen LogP contribution is 2.48. The van der Waals surface area contributed by atoms with E-state index in [0.29, 0.717) is 37.6 Å². The molecule has 29 heavy (non-hydrogen) atoms. The minimum atomic E-state index is -3.62. The van der Waals surface area contributed by atoms with Crippen LogP contribution in [0, 0.1) is 12.8 Å². The van der Waals surface area contributed by atoms with Crippen molar-refractivity contribution in [3.8, 4) is 0 Å². The summed E-state index contributed by atoms with van der Waals surface area (Å²) in [7, 11) is -3.62. The van der Waals surface area contributed by atoms with Gasteiger partial charge in [-0.2, -0.15) is 4.31 Å². The van der Waals surface area contributed by atoms with E-state index in [4.69, 9.17) is 4.74 Å². The van der Waals surface area contributed by atoms with Crippen LogP contribution < -0.4 is 5.32 Å². The molecule has 1 aliphatic carbocycles. The zero-order chi connectivity index (χ0) is 20.6. The molecule has 4 rings (SSSR count). The Hall–Kier alpha value is -1.74. The summed E-state index contributed by atoms with van der Waals surface area (Å²) in [6.45, 7) is 3.25.